The van der Waals surface area contributed by atoms with Crippen LogP contribution in [0.1, 0.15) is 11.4 Å². The molecule has 2 heterocycles. The SMILES string of the molecule is NC1=C(c2nc3ccccc3s2)C(=O)CN1NCC1=CCC(O)C=C1. The van der Waals surface area contributed by atoms with Crippen molar-refractivity contribution in [3.63, 3.8) is 0 Å². The van der Waals surface area contributed by atoms with Crippen LogP contribution >= 0.6 is 11.3 Å². The Kier molecular flexibility index (Phi) is 4.12. The van der Waals surface area contributed by atoms with Crippen molar-refractivity contribution >= 4 is 32.9 Å². The Morgan fingerprint density at radius 2 is 2.24 bits per heavy atom. The van der Waals surface area contributed by atoms with Crippen molar-refractivity contribution in [2.75, 3.05) is 13.1 Å². The molecule has 2 aliphatic rings. The molecule has 4 rings (SSSR count). The molecule has 1 aromatic carbocycles. The van der Waals surface area contributed by atoms with Crippen LogP contribution in [0.25, 0.3) is 15.8 Å². The quantitative estimate of drug-likeness (QED) is 0.772. The van der Waals surface area contributed by atoms with Gasteiger partial charge in [-0.05, 0) is 24.1 Å². The third kappa shape index (κ3) is 3.09. The lowest BCUT2D eigenvalue weighted by molar-refractivity contribution is -0.113. The summed E-state index contributed by atoms with van der Waals surface area (Å²) in [5.41, 5.74) is 11.8. The number of fused-ring (bicyclic) bond motifs is 1. The highest BCUT2D eigenvalue weighted by Gasteiger charge is 2.31. The number of rotatable bonds is 4. The predicted molar refractivity (Wildman–Crippen MR) is 98.3 cm³/mol. The standard InChI is InChI=1S/C18H18N4O2S/c19-17-16(18-21-13-3-1-2-4-15(13)25-18)14(24)10-22(17)20-9-11-5-7-12(23)8-6-11/h1-7,12,20,23H,8-10,19H2. The second kappa shape index (κ2) is 6.44. The van der Waals surface area contributed by atoms with E-state index >= 15 is 0 Å². The fourth-order valence-corrected chi connectivity index (χ4v) is 3.94. The summed E-state index contributed by atoms with van der Waals surface area (Å²) in [7, 11) is 0. The highest BCUT2D eigenvalue weighted by molar-refractivity contribution is 7.19. The number of nitrogens with zero attached hydrogens (tertiary/aromatic N) is 2. The van der Waals surface area contributed by atoms with Gasteiger partial charge in [0.2, 0.25) is 0 Å². The summed E-state index contributed by atoms with van der Waals surface area (Å²) in [6.45, 7) is 0.737. The average Bonchev–Trinajstić information content (AvgIpc) is 3.14. The summed E-state index contributed by atoms with van der Waals surface area (Å²) in [6, 6.07) is 7.79. The van der Waals surface area contributed by atoms with Crippen molar-refractivity contribution in [2.45, 2.75) is 12.5 Å². The first-order valence-electron chi connectivity index (χ1n) is 8.07. The number of hydrogen-bond donors (Lipinski definition) is 3. The average molecular weight is 354 g/mol. The zero-order valence-electron chi connectivity index (χ0n) is 13.5. The zero-order valence-corrected chi connectivity index (χ0v) is 14.3. The van der Waals surface area contributed by atoms with E-state index < -0.39 is 6.10 Å². The molecule has 1 aliphatic heterocycles. The molecule has 1 unspecified atom stereocenters. The van der Waals surface area contributed by atoms with E-state index in [9.17, 15) is 9.90 Å². The van der Waals surface area contributed by atoms with E-state index in [0.29, 0.717) is 29.4 Å². The van der Waals surface area contributed by atoms with Gasteiger partial charge >= 0.3 is 0 Å². The lowest BCUT2D eigenvalue weighted by Gasteiger charge is -2.21. The molecule has 0 spiro atoms. The number of carbonyl (C=O) groups is 1. The predicted octanol–water partition coefficient (Wildman–Crippen LogP) is 1.56. The fraction of sp³-hybridized carbons (Fsp3) is 0.222. The van der Waals surface area contributed by atoms with Gasteiger partial charge in [0.05, 0.1) is 28.4 Å². The van der Waals surface area contributed by atoms with E-state index in [2.05, 4.69) is 10.4 Å². The first kappa shape index (κ1) is 16.0. The van der Waals surface area contributed by atoms with Crippen LogP contribution in [-0.2, 0) is 4.79 Å². The monoisotopic (exact) mass is 354 g/mol. The van der Waals surface area contributed by atoms with Gasteiger partial charge in [-0.25, -0.2) is 10.4 Å². The molecule has 0 amide bonds. The van der Waals surface area contributed by atoms with Gasteiger partial charge in [-0.3, -0.25) is 9.80 Å². The van der Waals surface area contributed by atoms with Crippen molar-refractivity contribution in [3.8, 4) is 0 Å². The van der Waals surface area contributed by atoms with E-state index in [-0.39, 0.29) is 12.3 Å². The second-order valence-corrected chi connectivity index (χ2v) is 7.06. The summed E-state index contributed by atoms with van der Waals surface area (Å²) in [4.78, 5) is 17.0. The van der Waals surface area contributed by atoms with Crippen molar-refractivity contribution in [3.05, 3.63) is 58.9 Å². The Labute approximate surface area is 148 Å². The topological polar surface area (TPSA) is 91.5 Å². The van der Waals surface area contributed by atoms with Crippen LogP contribution in [0.2, 0.25) is 0 Å². The number of aliphatic hydroxyl groups is 1. The van der Waals surface area contributed by atoms with Gasteiger partial charge < -0.3 is 10.8 Å². The van der Waals surface area contributed by atoms with Crippen LogP contribution in [0, 0.1) is 0 Å². The van der Waals surface area contributed by atoms with Crippen LogP contribution < -0.4 is 11.2 Å². The van der Waals surface area contributed by atoms with Gasteiger partial charge in [0.1, 0.15) is 10.8 Å². The Morgan fingerprint density at radius 3 is 3.00 bits per heavy atom. The van der Waals surface area contributed by atoms with E-state index in [1.54, 1.807) is 11.1 Å². The Hall–Kier alpha value is -2.48. The number of ketones is 1. The number of hydrogen-bond acceptors (Lipinski definition) is 7. The highest BCUT2D eigenvalue weighted by Crippen LogP contribution is 2.31. The van der Waals surface area contributed by atoms with Crippen LogP contribution in [0.15, 0.2) is 53.9 Å². The largest absolute Gasteiger partial charge is 0.389 e. The molecule has 7 heteroatoms. The Balaban J connectivity index is 1.54. The van der Waals surface area contributed by atoms with Crippen LogP contribution in [0.5, 0.6) is 0 Å². The van der Waals surface area contributed by atoms with Crippen molar-refractivity contribution in [1.82, 2.24) is 15.4 Å². The number of aliphatic hydroxyl groups excluding tert-OH is 1. The van der Waals surface area contributed by atoms with E-state index in [4.69, 9.17) is 5.73 Å². The van der Waals surface area contributed by atoms with Gasteiger partial charge in [0.25, 0.3) is 0 Å². The molecule has 2 aromatic rings. The number of nitrogens with two attached hydrogens (primary N) is 1. The molecule has 0 bridgehead atoms. The molecule has 25 heavy (non-hydrogen) atoms. The van der Waals surface area contributed by atoms with Crippen molar-refractivity contribution in [2.24, 2.45) is 5.73 Å². The summed E-state index contributed by atoms with van der Waals surface area (Å²) in [5, 5.41) is 11.8. The van der Waals surface area contributed by atoms with Gasteiger partial charge in [-0.2, -0.15) is 0 Å². The van der Waals surface area contributed by atoms with E-state index in [1.807, 2.05) is 36.4 Å². The van der Waals surface area contributed by atoms with Gasteiger partial charge in [-0.1, -0.05) is 30.4 Å². The van der Waals surface area contributed by atoms with E-state index in [1.165, 1.54) is 11.3 Å². The normalized spacial score (nSPS) is 20.7. The molecule has 1 aromatic heterocycles. The molecular weight excluding hydrogens is 336 g/mol. The van der Waals surface area contributed by atoms with Gasteiger partial charge in [0, 0.05) is 6.54 Å². The minimum atomic E-state index is -0.410. The molecular formula is C18H18N4O2S. The first-order valence-corrected chi connectivity index (χ1v) is 8.88. The molecule has 0 saturated carbocycles. The minimum Gasteiger partial charge on any atom is -0.389 e. The molecule has 1 aliphatic carbocycles. The first-order chi connectivity index (χ1) is 12.1. The Morgan fingerprint density at radius 1 is 1.40 bits per heavy atom. The number of hydrazine groups is 1. The van der Waals surface area contributed by atoms with Crippen LogP contribution in [0.3, 0.4) is 0 Å². The summed E-state index contributed by atoms with van der Waals surface area (Å²) in [6.07, 6.45) is 5.82. The van der Waals surface area contributed by atoms with Gasteiger partial charge in [0.15, 0.2) is 5.78 Å². The smallest absolute Gasteiger partial charge is 0.190 e. The van der Waals surface area contributed by atoms with Crippen LogP contribution in [-0.4, -0.2) is 40.1 Å². The summed E-state index contributed by atoms with van der Waals surface area (Å²) >= 11 is 1.48. The summed E-state index contributed by atoms with van der Waals surface area (Å²) in [5.74, 6) is 0.372. The number of para-hydroxylation sites is 1. The molecule has 0 radical (unpaired) electrons. The molecule has 0 saturated heterocycles. The third-order valence-electron chi connectivity index (χ3n) is 4.26. The number of Topliss-reactive ketones (excluding diaryl/α,β-unsaturated/α-hetero) is 1. The summed E-state index contributed by atoms with van der Waals surface area (Å²) < 4.78 is 1.04. The lowest BCUT2D eigenvalue weighted by Crippen LogP contribution is -2.40. The van der Waals surface area contributed by atoms with Crippen molar-refractivity contribution < 1.29 is 9.90 Å². The maximum atomic E-state index is 12.5. The zero-order chi connectivity index (χ0) is 17.4. The number of thiazole rings is 1. The molecule has 4 N–H and O–H groups in total. The lowest BCUT2D eigenvalue weighted by atomic mass is 10.1. The molecule has 0 fully saturated rings. The third-order valence-corrected chi connectivity index (χ3v) is 5.32. The van der Waals surface area contributed by atoms with Crippen LogP contribution in [0.4, 0.5) is 0 Å². The fourth-order valence-electron chi connectivity index (χ4n) is 2.91. The van der Waals surface area contributed by atoms with Crippen molar-refractivity contribution in [1.29, 1.82) is 0 Å². The maximum absolute atomic E-state index is 12.5. The number of nitrogens with one attached hydrogen (secondary N) is 1. The van der Waals surface area contributed by atoms with Gasteiger partial charge in [-0.15, -0.1) is 11.3 Å². The maximum Gasteiger partial charge on any atom is 0.190 e. The molecule has 1 atom stereocenters. The molecule has 6 nitrogen and oxygen atoms in total. The minimum absolute atomic E-state index is 0.0346. The number of aromatic nitrogens is 1. The Bertz CT molecular complexity index is 895. The number of benzene rings is 1. The second-order valence-electron chi connectivity index (χ2n) is 6.03. The number of carbonyl (C=O) groups excluding carboxylic acids is 1. The highest BCUT2D eigenvalue weighted by atomic mass is 32.1. The van der Waals surface area contributed by atoms with E-state index in [0.717, 1.165) is 15.8 Å². The molecule has 128 valence electrons.